The van der Waals surface area contributed by atoms with Crippen LogP contribution in [0.1, 0.15) is 0 Å². The molecule has 2 aromatic rings. The Balaban J connectivity index is 0.000000720. The van der Waals surface area contributed by atoms with Gasteiger partial charge in [-0.2, -0.15) is 0 Å². The molecule has 0 aliphatic rings. The van der Waals surface area contributed by atoms with Crippen molar-refractivity contribution in [2.24, 2.45) is 0 Å². The number of hydrogen-bond acceptors (Lipinski definition) is 3. The normalized spacial score (nSPS) is 9.00. The summed E-state index contributed by atoms with van der Waals surface area (Å²) in [6.07, 6.45) is 0. The SMILES string of the molecule is O.O.On1nnc2ccc(Cl)cc21. The van der Waals surface area contributed by atoms with Gasteiger partial charge in [0.25, 0.3) is 0 Å². The lowest BCUT2D eigenvalue weighted by molar-refractivity contribution is 0.155. The van der Waals surface area contributed by atoms with E-state index >= 15 is 0 Å². The minimum Gasteiger partial charge on any atom is -0.412 e. The third-order valence-corrected chi connectivity index (χ3v) is 1.63. The van der Waals surface area contributed by atoms with Crippen LogP contribution in [0.25, 0.3) is 11.0 Å². The molecule has 0 aliphatic carbocycles. The number of hydrogen-bond donors (Lipinski definition) is 1. The van der Waals surface area contributed by atoms with Gasteiger partial charge in [0.15, 0.2) is 0 Å². The van der Waals surface area contributed by atoms with Crippen molar-refractivity contribution in [3.8, 4) is 0 Å². The molecule has 2 rings (SSSR count). The average molecular weight is 206 g/mol. The van der Waals surface area contributed by atoms with Crippen LogP contribution < -0.4 is 0 Å². The Morgan fingerprint density at radius 2 is 2.00 bits per heavy atom. The van der Waals surface area contributed by atoms with Gasteiger partial charge in [-0.25, -0.2) is 0 Å². The van der Waals surface area contributed by atoms with Gasteiger partial charge in [0.05, 0.1) is 0 Å². The van der Waals surface area contributed by atoms with Gasteiger partial charge < -0.3 is 16.2 Å². The third kappa shape index (κ3) is 1.86. The first-order valence-corrected chi connectivity index (χ1v) is 3.35. The van der Waals surface area contributed by atoms with Crippen LogP contribution in [0.5, 0.6) is 0 Å². The number of fused-ring (bicyclic) bond motifs is 1. The highest BCUT2D eigenvalue weighted by Crippen LogP contribution is 2.15. The Labute approximate surface area is 77.9 Å². The van der Waals surface area contributed by atoms with Gasteiger partial charge in [-0.05, 0) is 23.4 Å². The summed E-state index contributed by atoms with van der Waals surface area (Å²) in [5.41, 5.74) is 1.13. The highest BCUT2D eigenvalue weighted by molar-refractivity contribution is 6.31. The van der Waals surface area contributed by atoms with Crippen molar-refractivity contribution >= 4 is 22.6 Å². The number of nitrogens with zero attached hydrogens (tertiary/aromatic N) is 3. The molecule has 0 unspecified atom stereocenters. The molecule has 0 saturated heterocycles. The monoisotopic (exact) mass is 205 g/mol. The second-order valence-corrected chi connectivity index (χ2v) is 2.55. The van der Waals surface area contributed by atoms with Crippen molar-refractivity contribution < 1.29 is 16.2 Å². The van der Waals surface area contributed by atoms with Crippen molar-refractivity contribution in [1.29, 1.82) is 0 Å². The van der Waals surface area contributed by atoms with E-state index in [1.54, 1.807) is 18.2 Å². The Hall–Kier alpha value is -1.37. The predicted octanol–water partition coefficient (Wildman–Crippen LogP) is -0.327. The fraction of sp³-hybridized carbons (Fsp3) is 0. The molecule has 1 heterocycles. The Kier molecular flexibility index (Phi) is 3.61. The Morgan fingerprint density at radius 3 is 2.69 bits per heavy atom. The van der Waals surface area contributed by atoms with E-state index in [4.69, 9.17) is 16.8 Å². The minimum absolute atomic E-state index is 0. The molecule has 1 aromatic carbocycles. The fourth-order valence-corrected chi connectivity index (χ4v) is 1.05. The zero-order valence-corrected chi connectivity index (χ0v) is 7.15. The standard InChI is InChI=1S/C6H4ClN3O.2H2O/c7-4-1-2-5-6(3-4)10(11)9-8-5;;/h1-3,11H;2*1H2. The highest BCUT2D eigenvalue weighted by atomic mass is 35.5. The molecular weight excluding hydrogens is 198 g/mol. The molecule has 0 radical (unpaired) electrons. The van der Waals surface area contributed by atoms with E-state index < -0.39 is 0 Å². The van der Waals surface area contributed by atoms with Crippen molar-refractivity contribution in [3.63, 3.8) is 0 Å². The predicted molar refractivity (Wildman–Crippen MR) is 47.0 cm³/mol. The fourth-order valence-electron chi connectivity index (χ4n) is 0.880. The van der Waals surface area contributed by atoms with Crippen LogP contribution in [-0.2, 0) is 0 Å². The van der Waals surface area contributed by atoms with E-state index in [-0.39, 0.29) is 11.0 Å². The number of halogens is 1. The second-order valence-electron chi connectivity index (χ2n) is 2.11. The van der Waals surface area contributed by atoms with Crippen LogP contribution >= 0.6 is 11.6 Å². The summed E-state index contributed by atoms with van der Waals surface area (Å²) in [6.45, 7) is 0. The summed E-state index contributed by atoms with van der Waals surface area (Å²) in [5.74, 6) is 0. The molecule has 13 heavy (non-hydrogen) atoms. The number of rotatable bonds is 0. The van der Waals surface area contributed by atoms with Crippen molar-refractivity contribution in [1.82, 2.24) is 15.2 Å². The van der Waals surface area contributed by atoms with Crippen LogP contribution in [0.2, 0.25) is 5.02 Å². The average Bonchev–Trinajstić information content (AvgIpc) is 2.33. The maximum atomic E-state index is 9.02. The number of aromatic nitrogens is 3. The first-order valence-electron chi connectivity index (χ1n) is 2.97. The molecule has 0 spiro atoms. The van der Waals surface area contributed by atoms with Gasteiger partial charge in [0.1, 0.15) is 11.0 Å². The lowest BCUT2D eigenvalue weighted by atomic mass is 10.3. The van der Waals surface area contributed by atoms with Gasteiger partial charge >= 0.3 is 0 Å². The van der Waals surface area contributed by atoms with E-state index in [2.05, 4.69) is 10.3 Å². The minimum atomic E-state index is 0. The lowest BCUT2D eigenvalue weighted by Gasteiger charge is -1.89. The first-order chi connectivity index (χ1) is 5.27. The van der Waals surface area contributed by atoms with E-state index in [9.17, 15) is 0 Å². The molecule has 0 saturated carbocycles. The molecule has 72 valence electrons. The van der Waals surface area contributed by atoms with Gasteiger partial charge in [-0.1, -0.05) is 16.4 Å². The maximum Gasteiger partial charge on any atom is 0.132 e. The van der Waals surface area contributed by atoms with Crippen molar-refractivity contribution in [2.75, 3.05) is 0 Å². The highest BCUT2D eigenvalue weighted by Gasteiger charge is 2.01. The molecule has 0 amide bonds. The smallest absolute Gasteiger partial charge is 0.132 e. The van der Waals surface area contributed by atoms with E-state index in [0.29, 0.717) is 20.9 Å². The zero-order chi connectivity index (χ0) is 7.84. The van der Waals surface area contributed by atoms with Crippen molar-refractivity contribution in [2.45, 2.75) is 0 Å². The number of benzene rings is 1. The molecule has 7 heteroatoms. The van der Waals surface area contributed by atoms with Gasteiger partial charge in [-0.3, -0.25) is 0 Å². The van der Waals surface area contributed by atoms with Crippen LogP contribution in [0.15, 0.2) is 18.2 Å². The van der Waals surface area contributed by atoms with Gasteiger partial charge in [-0.15, -0.1) is 5.10 Å². The van der Waals surface area contributed by atoms with Crippen LogP contribution in [0.3, 0.4) is 0 Å². The van der Waals surface area contributed by atoms with Crippen molar-refractivity contribution in [3.05, 3.63) is 23.2 Å². The summed E-state index contributed by atoms with van der Waals surface area (Å²) in [4.78, 5) is 0.696. The maximum absolute atomic E-state index is 9.02. The second kappa shape index (κ2) is 4.04. The Morgan fingerprint density at radius 1 is 1.31 bits per heavy atom. The van der Waals surface area contributed by atoms with E-state index in [1.165, 1.54) is 0 Å². The zero-order valence-electron chi connectivity index (χ0n) is 6.40. The van der Waals surface area contributed by atoms with Gasteiger partial charge in [0.2, 0.25) is 0 Å². The molecule has 1 aromatic heterocycles. The Bertz CT molecular complexity index is 403. The first kappa shape index (κ1) is 11.6. The summed E-state index contributed by atoms with van der Waals surface area (Å²) in [7, 11) is 0. The van der Waals surface area contributed by atoms with Crippen LogP contribution in [0.4, 0.5) is 0 Å². The topological polar surface area (TPSA) is 114 Å². The molecular formula is C6H8ClN3O3. The quantitative estimate of drug-likeness (QED) is 0.594. The molecule has 0 atom stereocenters. The molecule has 6 nitrogen and oxygen atoms in total. The summed E-state index contributed by atoms with van der Waals surface area (Å²) >= 11 is 5.67. The molecule has 0 fully saturated rings. The largest absolute Gasteiger partial charge is 0.412 e. The van der Waals surface area contributed by atoms with Gasteiger partial charge in [0, 0.05) is 5.02 Å². The summed E-state index contributed by atoms with van der Waals surface area (Å²) in [6, 6.07) is 4.98. The van der Waals surface area contributed by atoms with E-state index in [1.807, 2.05) is 0 Å². The molecule has 0 aliphatic heterocycles. The summed E-state index contributed by atoms with van der Waals surface area (Å²) in [5, 5.41) is 16.6. The van der Waals surface area contributed by atoms with Crippen LogP contribution in [0, 0.1) is 0 Å². The lowest BCUT2D eigenvalue weighted by Crippen LogP contribution is -1.90. The van der Waals surface area contributed by atoms with E-state index in [0.717, 1.165) is 0 Å². The summed E-state index contributed by atoms with van der Waals surface area (Å²) < 4.78 is 0. The third-order valence-electron chi connectivity index (χ3n) is 1.39. The molecule has 0 bridgehead atoms. The molecule has 5 N–H and O–H groups in total. The van der Waals surface area contributed by atoms with Crippen LogP contribution in [-0.4, -0.2) is 31.3 Å².